The molecule has 0 unspecified atom stereocenters. The number of aliphatic hydroxyl groups excluding tert-OH is 1. The van der Waals surface area contributed by atoms with E-state index < -0.39 is 37.1 Å². The van der Waals surface area contributed by atoms with Gasteiger partial charge in [0.15, 0.2) is 0 Å². The van der Waals surface area contributed by atoms with Crippen LogP contribution in [0.15, 0.2) is 0 Å². The molecule has 0 rings (SSSR count). The monoisotopic (exact) mass is 255 g/mol. The van der Waals surface area contributed by atoms with E-state index >= 15 is 0 Å². The lowest BCUT2D eigenvalue weighted by Gasteiger charge is -2.24. The van der Waals surface area contributed by atoms with Crippen molar-refractivity contribution in [3.8, 4) is 0 Å². The Balaban J connectivity index is 4.76. The molecule has 96 valence electrons. The molecule has 1 atom stereocenters. The SMILES string of the molecule is CC(C)OP(=O)(OC(C)C)[C@H](O)C[N+](=O)[O-]. The highest BCUT2D eigenvalue weighted by molar-refractivity contribution is 7.54. The van der Waals surface area contributed by atoms with Crippen molar-refractivity contribution in [2.75, 3.05) is 6.54 Å². The largest absolute Gasteiger partial charge is 0.375 e. The predicted molar refractivity (Wildman–Crippen MR) is 57.9 cm³/mol. The highest BCUT2D eigenvalue weighted by atomic mass is 31.2. The third-order valence-electron chi connectivity index (χ3n) is 1.39. The van der Waals surface area contributed by atoms with Crippen LogP contribution in [0.5, 0.6) is 0 Å². The molecule has 0 amide bonds. The van der Waals surface area contributed by atoms with E-state index in [1.165, 1.54) is 0 Å². The van der Waals surface area contributed by atoms with Gasteiger partial charge in [0.05, 0.1) is 12.2 Å². The summed E-state index contributed by atoms with van der Waals surface area (Å²) < 4.78 is 22.1. The van der Waals surface area contributed by atoms with Gasteiger partial charge in [-0.15, -0.1) is 0 Å². The standard InChI is InChI=1S/C8H18NO6P/c1-6(2)14-16(13,15-7(3)4)8(10)5-9(11)12/h6-8,10H,5H2,1-4H3/t8-/m0/s1. The molecule has 0 heterocycles. The van der Waals surface area contributed by atoms with Crippen molar-refractivity contribution in [1.82, 2.24) is 0 Å². The smallest absolute Gasteiger partial charge is 0.366 e. The Bertz CT molecular complexity index is 266. The molecule has 0 aromatic rings. The molecule has 0 saturated heterocycles. The van der Waals surface area contributed by atoms with E-state index in [4.69, 9.17) is 9.05 Å². The molecule has 7 nitrogen and oxygen atoms in total. The first kappa shape index (κ1) is 15.5. The van der Waals surface area contributed by atoms with E-state index in [0.717, 1.165) is 0 Å². The summed E-state index contributed by atoms with van der Waals surface area (Å²) in [5.74, 6) is -1.74. The molecule has 16 heavy (non-hydrogen) atoms. The molecular weight excluding hydrogens is 237 g/mol. The Labute approximate surface area is 94.4 Å². The van der Waals surface area contributed by atoms with Gasteiger partial charge in [-0.05, 0) is 27.7 Å². The van der Waals surface area contributed by atoms with Gasteiger partial charge in [0.25, 0.3) is 0 Å². The Hall–Kier alpha value is -0.490. The van der Waals surface area contributed by atoms with Crippen LogP contribution in [0.1, 0.15) is 27.7 Å². The second kappa shape index (κ2) is 6.30. The molecule has 0 fully saturated rings. The van der Waals surface area contributed by atoms with Crippen LogP contribution in [-0.4, -0.2) is 34.6 Å². The van der Waals surface area contributed by atoms with Crippen molar-refractivity contribution in [3.63, 3.8) is 0 Å². The lowest BCUT2D eigenvalue weighted by molar-refractivity contribution is -0.486. The second-order valence-corrected chi connectivity index (χ2v) is 5.94. The second-order valence-electron chi connectivity index (χ2n) is 3.84. The van der Waals surface area contributed by atoms with Crippen LogP contribution in [-0.2, 0) is 13.6 Å². The maximum atomic E-state index is 12.1. The normalized spacial score (nSPS) is 14.4. The molecular formula is C8H18NO6P. The van der Waals surface area contributed by atoms with Gasteiger partial charge in [-0.3, -0.25) is 14.7 Å². The van der Waals surface area contributed by atoms with E-state index in [2.05, 4.69) is 0 Å². The fraction of sp³-hybridized carbons (Fsp3) is 1.00. The Kier molecular flexibility index (Phi) is 6.10. The summed E-state index contributed by atoms with van der Waals surface area (Å²) in [5.41, 5.74) is 0. The van der Waals surface area contributed by atoms with Gasteiger partial charge in [-0.1, -0.05) is 0 Å². The maximum Gasteiger partial charge on any atom is 0.366 e. The van der Waals surface area contributed by atoms with Crippen molar-refractivity contribution in [2.45, 2.75) is 45.7 Å². The van der Waals surface area contributed by atoms with E-state index in [1.54, 1.807) is 27.7 Å². The van der Waals surface area contributed by atoms with E-state index in [1.807, 2.05) is 0 Å². The molecule has 0 saturated carbocycles. The zero-order valence-electron chi connectivity index (χ0n) is 9.82. The third kappa shape index (κ3) is 5.55. The Morgan fingerprint density at radius 3 is 1.88 bits per heavy atom. The zero-order valence-corrected chi connectivity index (χ0v) is 10.7. The number of aliphatic hydroxyl groups is 1. The van der Waals surface area contributed by atoms with Crippen LogP contribution in [0.3, 0.4) is 0 Å². The van der Waals surface area contributed by atoms with Gasteiger partial charge >= 0.3 is 7.60 Å². The summed E-state index contributed by atoms with van der Waals surface area (Å²) in [6, 6.07) is 0. The van der Waals surface area contributed by atoms with E-state index in [9.17, 15) is 19.8 Å². The Morgan fingerprint density at radius 2 is 1.62 bits per heavy atom. The Morgan fingerprint density at radius 1 is 1.25 bits per heavy atom. The molecule has 0 aliphatic heterocycles. The number of nitrogens with zero attached hydrogens (tertiary/aromatic N) is 1. The topological polar surface area (TPSA) is 98.9 Å². The van der Waals surface area contributed by atoms with Crippen LogP contribution in [0.2, 0.25) is 0 Å². The minimum Gasteiger partial charge on any atom is -0.375 e. The molecule has 0 radical (unpaired) electrons. The van der Waals surface area contributed by atoms with Crippen LogP contribution in [0.25, 0.3) is 0 Å². The maximum absolute atomic E-state index is 12.1. The van der Waals surface area contributed by atoms with Crippen LogP contribution in [0.4, 0.5) is 0 Å². The number of hydrogen-bond donors (Lipinski definition) is 1. The predicted octanol–water partition coefficient (Wildman–Crippen LogP) is 1.62. The quantitative estimate of drug-likeness (QED) is 0.421. The van der Waals surface area contributed by atoms with Gasteiger partial charge in [-0.25, -0.2) is 0 Å². The molecule has 0 aliphatic carbocycles. The first-order valence-corrected chi connectivity index (χ1v) is 6.55. The summed E-state index contributed by atoms with van der Waals surface area (Å²) in [4.78, 5) is 9.48. The van der Waals surface area contributed by atoms with E-state index in [0.29, 0.717) is 0 Å². The third-order valence-corrected chi connectivity index (χ3v) is 3.72. The number of rotatable bonds is 7. The van der Waals surface area contributed by atoms with Gasteiger partial charge in [-0.2, -0.15) is 0 Å². The van der Waals surface area contributed by atoms with Crippen LogP contribution < -0.4 is 0 Å². The van der Waals surface area contributed by atoms with Gasteiger partial charge in [0.1, 0.15) is 0 Å². The molecule has 0 aliphatic rings. The lowest BCUT2D eigenvalue weighted by Crippen LogP contribution is -2.24. The van der Waals surface area contributed by atoms with Gasteiger partial charge in [0, 0.05) is 4.92 Å². The van der Waals surface area contributed by atoms with Crippen molar-refractivity contribution < 1.29 is 23.6 Å². The summed E-state index contributed by atoms with van der Waals surface area (Å²) in [6.07, 6.45) is -0.906. The first-order valence-electron chi connectivity index (χ1n) is 4.93. The zero-order chi connectivity index (χ0) is 12.9. The molecule has 0 aromatic heterocycles. The van der Waals surface area contributed by atoms with Gasteiger partial charge < -0.3 is 14.2 Å². The molecule has 0 aromatic carbocycles. The lowest BCUT2D eigenvalue weighted by atomic mass is 10.5. The minimum absolute atomic E-state index is 0.453. The average Bonchev–Trinajstić information content (AvgIpc) is 1.98. The summed E-state index contributed by atoms with van der Waals surface area (Å²) in [5, 5.41) is 19.7. The van der Waals surface area contributed by atoms with Crippen molar-refractivity contribution in [3.05, 3.63) is 10.1 Å². The van der Waals surface area contributed by atoms with Crippen molar-refractivity contribution in [2.24, 2.45) is 0 Å². The minimum atomic E-state index is -3.86. The first-order chi connectivity index (χ1) is 7.17. The fourth-order valence-corrected chi connectivity index (χ4v) is 2.83. The molecule has 8 heteroatoms. The molecule has 0 spiro atoms. The number of nitro groups is 1. The molecule has 0 bridgehead atoms. The van der Waals surface area contributed by atoms with E-state index in [-0.39, 0.29) is 0 Å². The van der Waals surface area contributed by atoms with Crippen LogP contribution in [0, 0.1) is 10.1 Å². The van der Waals surface area contributed by atoms with Crippen LogP contribution >= 0.6 is 7.60 Å². The summed E-state index contributed by atoms with van der Waals surface area (Å²) in [7, 11) is -3.86. The highest BCUT2D eigenvalue weighted by Gasteiger charge is 2.40. The van der Waals surface area contributed by atoms with Crippen molar-refractivity contribution >= 4 is 7.60 Å². The summed E-state index contributed by atoms with van der Waals surface area (Å²) in [6.45, 7) is 5.56. The summed E-state index contributed by atoms with van der Waals surface area (Å²) >= 11 is 0. The molecule has 1 N–H and O–H groups in total. The fourth-order valence-electron chi connectivity index (χ4n) is 0.986. The highest BCUT2D eigenvalue weighted by Crippen LogP contribution is 2.54. The average molecular weight is 255 g/mol. The number of hydrogen-bond acceptors (Lipinski definition) is 6. The van der Waals surface area contributed by atoms with Crippen molar-refractivity contribution in [1.29, 1.82) is 0 Å². The van der Waals surface area contributed by atoms with Gasteiger partial charge in [0.2, 0.25) is 12.4 Å².